The van der Waals surface area contributed by atoms with Gasteiger partial charge in [0.1, 0.15) is 5.75 Å². The van der Waals surface area contributed by atoms with Gasteiger partial charge in [-0.05, 0) is 58.2 Å². The van der Waals surface area contributed by atoms with Crippen LogP contribution in [0, 0.1) is 18.3 Å². The van der Waals surface area contributed by atoms with Gasteiger partial charge in [-0.3, -0.25) is 4.79 Å². The van der Waals surface area contributed by atoms with Crippen molar-refractivity contribution in [2.45, 2.75) is 13.5 Å². The first-order valence-corrected chi connectivity index (χ1v) is 7.45. The second kappa shape index (κ2) is 6.63. The molecule has 0 heterocycles. The number of phenols is 1. The first-order valence-electron chi connectivity index (χ1n) is 6.66. The molecule has 0 saturated heterocycles. The van der Waals surface area contributed by atoms with Gasteiger partial charge in [-0.15, -0.1) is 0 Å². The number of amides is 1. The molecule has 2 rings (SSSR count). The van der Waals surface area contributed by atoms with E-state index in [4.69, 9.17) is 5.26 Å². The maximum absolute atomic E-state index is 12.5. The summed E-state index contributed by atoms with van der Waals surface area (Å²) in [5.41, 5.74) is 2.55. The quantitative estimate of drug-likeness (QED) is 0.911. The Labute approximate surface area is 137 Å². The summed E-state index contributed by atoms with van der Waals surface area (Å²) >= 11 is 3.24. The molecule has 0 aliphatic heterocycles. The van der Waals surface area contributed by atoms with Gasteiger partial charge in [-0.25, -0.2) is 0 Å². The third kappa shape index (κ3) is 3.46. The summed E-state index contributed by atoms with van der Waals surface area (Å²) in [5, 5.41) is 19.0. The number of rotatable bonds is 3. The van der Waals surface area contributed by atoms with Gasteiger partial charge in [0.2, 0.25) is 0 Å². The molecule has 0 aliphatic rings. The highest BCUT2D eigenvalue weighted by Crippen LogP contribution is 2.30. The van der Waals surface area contributed by atoms with Crippen molar-refractivity contribution in [1.82, 2.24) is 4.90 Å². The summed E-state index contributed by atoms with van der Waals surface area (Å²) in [6.07, 6.45) is 0. The van der Waals surface area contributed by atoms with Crippen LogP contribution in [-0.4, -0.2) is 23.0 Å². The van der Waals surface area contributed by atoms with Gasteiger partial charge in [-0.2, -0.15) is 5.26 Å². The Bertz CT molecular complexity index is 766. The van der Waals surface area contributed by atoms with E-state index >= 15 is 0 Å². The molecular formula is C17H15BrN2O2. The zero-order valence-corrected chi connectivity index (χ0v) is 13.9. The zero-order chi connectivity index (χ0) is 16.3. The van der Waals surface area contributed by atoms with Crippen LogP contribution < -0.4 is 0 Å². The van der Waals surface area contributed by atoms with Gasteiger partial charge in [0.25, 0.3) is 5.91 Å². The lowest BCUT2D eigenvalue weighted by molar-refractivity contribution is 0.0782. The van der Waals surface area contributed by atoms with Crippen LogP contribution in [0.15, 0.2) is 40.9 Å². The van der Waals surface area contributed by atoms with Gasteiger partial charge in [0.05, 0.1) is 21.7 Å². The fourth-order valence-corrected chi connectivity index (χ4v) is 2.76. The summed E-state index contributed by atoms with van der Waals surface area (Å²) in [5.74, 6) is -0.336. The van der Waals surface area contributed by atoms with Gasteiger partial charge in [0, 0.05) is 13.6 Å². The largest absolute Gasteiger partial charge is 0.506 e. The summed E-state index contributed by atoms with van der Waals surface area (Å²) in [6, 6.07) is 12.6. The minimum atomic E-state index is -0.274. The molecule has 0 saturated carbocycles. The molecular weight excluding hydrogens is 344 g/mol. The number of aromatic hydroxyl groups is 1. The normalized spacial score (nSPS) is 10.1. The lowest BCUT2D eigenvalue weighted by atomic mass is 10.1. The van der Waals surface area contributed by atoms with Crippen LogP contribution >= 0.6 is 15.9 Å². The summed E-state index contributed by atoms with van der Waals surface area (Å²) in [6.45, 7) is 2.22. The third-order valence-electron chi connectivity index (χ3n) is 3.26. The average molecular weight is 359 g/mol. The van der Waals surface area contributed by atoms with E-state index in [0.29, 0.717) is 16.6 Å². The van der Waals surface area contributed by atoms with Crippen molar-refractivity contribution in [3.63, 3.8) is 0 Å². The van der Waals surface area contributed by atoms with Crippen molar-refractivity contribution < 1.29 is 9.90 Å². The molecule has 4 nitrogen and oxygen atoms in total. The Morgan fingerprint density at radius 3 is 2.77 bits per heavy atom. The van der Waals surface area contributed by atoms with Crippen LogP contribution in [0.4, 0.5) is 0 Å². The van der Waals surface area contributed by atoms with Crippen LogP contribution in [-0.2, 0) is 6.54 Å². The maximum Gasteiger partial charge on any atom is 0.257 e. The van der Waals surface area contributed by atoms with E-state index in [-0.39, 0.29) is 17.2 Å². The highest BCUT2D eigenvalue weighted by molar-refractivity contribution is 9.10. The van der Waals surface area contributed by atoms with Crippen molar-refractivity contribution in [3.05, 3.63) is 63.1 Å². The molecule has 22 heavy (non-hydrogen) atoms. The fourth-order valence-electron chi connectivity index (χ4n) is 2.19. The van der Waals surface area contributed by atoms with Crippen LogP contribution in [0.1, 0.15) is 27.0 Å². The lowest BCUT2D eigenvalue weighted by Gasteiger charge is -2.19. The number of carbonyl (C=O) groups excluding carboxylic acids is 1. The average Bonchev–Trinajstić information content (AvgIpc) is 2.50. The minimum Gasteiger partial charge on any atom is -0.506 e. The highest BCUT2D eigenvalue weighted by atomic mass is 79.9. The van der Waals surface area contributed by atoms with E-state index < -0.39 is 0 Å². The van der Waals surface area contributed by atoms with Gasteiger partial charge < -0.3 is 10.0 Å². The molecule has 1 N–H and O–H groups in total. The standard InChI is InChI=1S/C17H15BrN2O2/c1-11-6-14(16(21)15(18)7-11)17(22)20(2)10-13-5-3-4-12(8-13)9-19/h3-8,21H,10H2,1-2H3. The Morgan fingerprint density at radius 1 is 1.36 bits per heavy atom. The number of phenolic OH excluding ortho intramolecular Hbond substituents is 1. The Kier molecular flexibility index (Phi) is 4.84. The predicted molar refractivity (Wildman–Crippen MR) is 87.5 cm³/mol. The molecule has 0 spiro atoms. The van der Waals surface area contributed by atoms with E-state index in [2.05, 4.69) is 22.0 Å². The van der Waals surface area contributed by atoms with Crippen LogP contribution in [0.25, 0.3) is 0 Å². The molecule has 0 bridgehead atoms. The molecule has 112 valence electrons. The lowest BCUT2D eigenvalue weighted by Crippen LogP contribution is -2.26. The summed E-state index contributed by atoms with van der Waals surface area (Å²) < 4.78 is 0.496. The monoisotopic (exact) mass is 358 g/mol. The van der Waals surface area contributed by atoms with Gasteiger partial charge in [0.15, 0.2) is 0 Å². The van der Waals surface area contributed by atoms with Crippen LogP contribution in [0.5, 0.6) is 5.75 Å². The molecule has 0 atom stereocenters. The van der Waals surface area contributed by atoms with Gasteiger partial charge >= 0.3 is 0 Å². The van der Waals surface area contributed by atoms with E-state index in [1.54, 1.807) is 37.4 Å². The third-order valence-corrected chi connectivity index (χ3v) is 3.87. The Morgan fingerprint density at radius 2 is 2.09 bits per heavy atom. The number of nitriles is 1. The van der Waals surface area contributed by atoms with Crippen molar-refractivity contribution >= 4 is 21.8 Å². The van der Waals surface area contributed by atoms with E-state index in [9.17, 15) is 9.90 Å². The van der Waals surface area contributed by atoms with Crippen molar-refractivity contribution in [3.8, 4) is 11.8 Å². The second-order valence-corrected chi connectivity index (χ2v) is 5.97. The number of halogens is 1. The molecule has 0 aliphatic carbocycles. The molecule has 2 aromatic carbocycles. The Balaban J connectivity index is 2.24. The van der Waals surface area contributed by atoms with Crippen molar-refractivity contribution in [2.75, 3.05) is 7.05 Å². The van der Waals surface area contributed by atoms with E-state index in [0.717, 1.165) is 11.1 Å². The molecule has 2 aromatic rings. The number of hydrogen-bond acceptors (Lipinski definition) is 3. The fraction of sp³-hybridized carbons (Fsp3) is 0.176. The Hall–Kier alpha value is -2.32. The van der Waals surface area contributed by atoms with Crippen LogP contribution in [0.2, 0.25) is 0 Å². The van der Waals surface area contributed by atoms with Gasteiger partial charge in [-0.1, -0.05) is 12.1 Å². The first kappa shape index (κ1) is 16.1. The van der Waals surface area contributed by atoms with E-state index in [1.807, 2.05) is 13.0 Å². The molecule has 1 amide bonds. The molecule has 0 fully saturated rings. The molecule has 5 heteroatoms. The SMILES string of the molecule is Cc1cc(Br)c(O)c(C(=O)N(C)Cc2cccc(C#N)c2)c1. The minimum absolute atomic E-state index is 0.0618. The zero-order valence-electron chi connectivity index (χ0n) is 12.3. The first-order chi connectivity index (χ1) is 10.4. The molecule has 0 unspecified atom stereocenters. The molecule has 0 aromatic heterocycles. The summed E-state index contributed by atoms with van der Waals surface area (Å²) in [4.78, 5) is 14.0. The number of hydrogen-bond donors (Lipinski definition) is 1. The topological polar surface area (TPSA) is 64.3 Å². The maximum atomic E-state index is 12.5. The predicted octanol–water partition coefficient (Wildman–Crippen LogP) is 3.61. The smallest absolute Gasteiger partial charge is 0.257 e. The number of nitrogens with zero attached hydrogens (tertiary/aromatic N) is 2. The number of benzene rings is 2. The number of aryl methyl sites for hydroxylation is 1. The second-order valence-electron chi connectivity index (χ2n) is 5.12. The molecule has 0 radical (unpaired) electrons. The highest BCUT2D eigenvalue weighted by Gasteiger charge is 2.18. The summed E-state index contributed by atoms with van der Waals surface area (Å²) in [7, 11) is 1.66. The van der Waals surface area contributed by atoms with E-state index in [1.165, 1.54) is 4.90 Å². The van der Waals surface area contributed by atoms with Crippen LogP contribution in [0.3, 0.4) is 0 Å². The van der Waals surface area contributed by atoms with Crippen molar-refractivity contribution in [1.29, 1.82) is 5.26 Å². The van der Waals surface area contributed by atoms with Crippen molar-refractivity contribution in [2.24, 2.45) is 0 Å². The number of carbonyl (C=O) groups is 1.